The van der Waals surface area contributed by atoms with Crippen LogP contribution in [0.3, 0.4) is 0 Å². The Hall–Kier alpha value is -0.480. The van der Waals surface area contributed by atoms with Gasteiger partial charge in [0.2, 0.25) is 0 Å². The van der Waals surface area contributed by atoms with E-state index in [1.165, 1.54) is 13.2 Å². The van der Waals surface area contributed by atoms with Gasteiger partial charge in [0.1, 0.15) is 9.77 Å². The van der Waals surface area contributed by atoms with Crippen LogP contribution in [0.2, 0.25) is 0 Å². The molecule has 0 atom stereocenters. The number of ether oxygens (including phenoxy) is 1. The van der Waals surface area contributed by atoms with Crippen molar-refractivity contribution in [3.63, 3.8) is 0 Å². The van der Waals surface area contributed by atoms with Gasteiger partial charge in [0, 0.05) is 0 Å². The SMILES string of the molecule is COC(=O)c1cc(S(=O)(=O)NOC(C)(C)C)c(Br)s1. The number of carbonyl (C=O) groups is 1. The summed E-state index contributed by atoms with van der Waals surface area (Å²) in [6.45, 7) is 5.12. The number of hydrogen-bond acceptors (Lipinski definition) is 6. The molecule has 0 bridgehead atoms. The first-order valence-electron chi connectivity index (χ1n) is 5.14. The van der Waals surface area contributed by atoms with E-state index in [9.17, 15) is 13.2 Å². The van der Waals surface area contributed by atoms with Crippen LogP contribution in [0.1, 0.15) is 30.4 Å². The molecule has 0 aliphatic carbocycles. The van der Waals surface area contributed by atoms with Gasteiger partial charge in [0.15, 0.2) is 0 Å². The Bertz CT molecular complexity index is 573. The van der Waals surface area contributed by atoms with Crippen LogP contribution in [0.5, 0.6) is 0 Å². The largest absolute Gasteiger partial charge is 0.465 e. The molecule has 1 aromatic heterocycles. The maximum atomic E-state index is 12.0. The molecule has 0 aliphatic rings. The molecule has 0 saturated carbocycles. The second-order valence-electron chi connectivity index (χ2n) is 4.54. The van der Waals surface area contributed by atoms with Gasteiger partial charge in [-0.2, -0.15) is 0 Å². The van der Waals surface area contributed by atoms with Gasteiger partial charge >= 0.3 is 5.97 Å². The van der Waals surface area contributed by atoms with E-state index in [-0.39, 0.29) is 9.77 Å². The minimum absolute atomic E-state index is 0.0675. The Morgan fingerprint density at radius 3 is 2.47 bits per heavy atom. The van der Waals surface area contributed by atoms with Gasteiger partial charge in [-0.25, -0.2) is 13.2 Å². The summed E-state index contributed by atoms with van der Waals surface area (Å²) in [4.78, 5) is 18.5. The molecular formula is C10H14BrNO5S2. The van der Waals surface area contributed by atoms with E-state index in [4.69, 9.17) is 4.84 Å². The van der Waals surface area contributed by atoms with Crippen LogP contribution in [0.15, 0.2) is 14.7 Å². The summed E-state index contributed by atoms with van der Waals surface area (Å²) < 4.78 is 28.9. The molecule has 1 rings (SSSR count). The van der Waals surface area contributed by atoms with Gasteiger partial charge < -0.3 is 4.74 Å². The lowest BCUT2D eigenvalue weighted by Gasteiger charge is -2.18. The molecule has 0 saturated heterocycles. The van der Waals surface area contributed by atoms with Gasteiger partial charge in [-0.15, -0.1) is 11.3 Å². The second-order valence-corrected chi connectivity index (χ2v) is 8.52. The summed E-state index contributed by atoms with van der Waals surface area (Å²) in [6, 6.07) is 1.23. The van der Waals surface area contributed by atoms with Crippen LogP contribution in [-0.2, 0) is 19.6 Å². The molecule has 108 valence electrons. The lowest BCUT2D eigenvalue weighted by molar-refractivity contribution is -0.0357. The van der Waals surface area contributed by atoms with Crippen LogP contribution < -0.4 is 4.89 Å². The van der Waals surface area contributed by atoms with Crippen molar-refractivity contribution in [2.75, 3.05) is 7.11 Å². The summed E-state index contributed by atoms with van der Waals surface area (Å²) in [6.07, 6.45) is 0. The monoisotopic (exact) mass is 371 g/mol. The van der Waals surface area contributed by atoms with Gasteiger partial charge in [-0.1, -0.05) is 4.89 Å². The minimum atomic E-state index is -3.86. The normalized spacial score (nSPS) is 12.5. The Balaban J connectivity index is 3.02. The maximum Gasteiger partial charge on any atom is 0.348 e. The number of halogens is 1. The Morgan fingerprint density at radius 2 is 2.00 bits per heavy atom. The standard InChI is InChI=1S/C10H14BrNO5S2/c1-10(2,3)17-12-19(14,15)7-5-6(9(13)16-4)18-8(7)11/h5,12H,1-4H3. The van der Waals surface area contributed by atoms with Crippen molar-refractivity contribution >= 4 is 43.3 Å². The minimum Gasteiger partial charge on any atom is -0.465 e. The lowest BCUT2D eigenvalue weighted by Crippen LogP contribution is -2.33. The average Bonchev–Trinajstić information content (AvgIpc) is 2.68. The topological polar surface area (TPSA) is 81.7 Å². The molecule has 0 radical (unpaired) electrons. The van der Waals surface area contributed by atoms with Crippen molar-refractivity contribution in [3.8, 4) is 0 Å². The Kier molecular flexibility index (Phi) is 5.13. The van der Waals surface area contributed by atoms with Crippen molar-refractivity contribution in [1.82, 2.24) is 4.89 Å². The number of methoxy groups -OCH3 is 1. The van der Waals surface area contributed by atoms with Crippen LogP contribution in [0, 0.1) is 0 Å². The molecule has 19 heavy (non-hydrogen) atoms. The van der Waals surface area contributed by atoms with Gasteiger partial charge in [0.25, 0.3) is 10.0 Å². The van der Waals surface area contributed by atoms with E-state index in [2.05, 4.69) is 20.7 Å². The zero-order chi connectivity index (χ0) is 14.8. The fraction of sp³-hybridized carbons (Fsp3) is 0.500. The van der Waals surface area contributed by atoms with Gasteiger partial charge in [0.05, 0.1) is 16.5 Å². The summed E-state index contributed by atoms with van der Waals surface area (Å²) >= 11 is 4.08. The highest BCUT2D eigenvalue weighted by Gasteiger charge is 2.25. The molecule has 1 aromatic rings. The lowest BCUT2D eigenvalue weighted by atomic mass is 10.2. The third-order valence-electron chi connectivity index (χ3n) is 1.79. The summed E-state index contributed by atoms with van der Waals surface area (Å²) in [7, 11) is -2.63. The molecule has 0 aromatic carbocycles. The summed E-state index contributed by atoms with van der Waals surface area (Å²) in [5.74, 6) is -0.594. The molecule has 1 N–H and O–H groups in total. The highest BCUT2D eigenvalue weighted by atomic mass is 79.9. The molecule has 0 spiro atoms. The highest BCUT2D eigenvalue weighted by Crippen LogP contribution is 2.32. The number of nitrogens with one attached hydrogen (secondary N) is 1. The van der Waals surface area contributed by atoms with E-state index in [1.807, 2.05) is 4.89 Å². The van der Waals surface area contributed by atoms with Crippen LogP contribution >= 0.6 is 27.3 Å². The van der Waals surface area contributed by atoms with E-state index in [1.54, 1.807) is 20.8 Å². The molecule has 1 heterocycles. The number of rotatable bonds is 4. The zero-order valence-electron chi connectivity index (χ0n) is 10.8. The number of sulfonamides is 1. The smallest absolute Gasteiger partial charge is 0.348 e. The first kappa shape index (κ1) is 16.6. The van der Waals surface area contributed by atoms with Crippen molar-refractivity contribution in [2.45, 2.75) is 31.3 Å². The van der Waals surface area contributed by atoms with Crippen LogP contribution in [0.25, 0.3) is 0 Å². The highest BCUT2D eigenvalue weighted by molar-refractivity contribution is 9.11. The molecule has 6 nitrogen and oxygen atoms in total. The fourth-order valence-corrected chi connectivity index (χ4v) is 4.40. The predicted octanol–water partition coefficient (Wildman–Crippen LogP) is 2.31. The number of carbonyl (C=O) groups excluding carboxylic acids is 1. The summed E-state index contributed by atoms with van der Waals surface area (Å²) in [5, 5.41) is 0. The zero-order valence-corrected chi connectivity index (χ0v) is 14.0. The van der Waals surface area contributed by atoms with Crippen molar-refractivity contribution in [3.05, 3.63) is 14.7 Å². The van der Waals surface area contributed by atoms with E-state index in [0.717, 1.165) is 11.3 Å². The first-order chi connectivity index (χ1) is 8.57. The molecule has 9 heteroatoms. The number of esters is 1. The van der Waals surface area contributed by atoms with Crippen molar-refractivity contribution in [1.29, 1.82) is 0 Å². The van der Waals surface area contributed by atoms with E-state index < -0.39 is 21.6 Å². The number of thiophene rings is 1. The molecule has 0 amide bonds. The maximum absolute atomic E-state index is 12.0. The number of hydrogen-bond donors (Lipinski definition) is 1. The second kappa shape index (κ2) is 5.88. The first-order valence-corrected chi connectivity index (χ1v) is 8.23. The Morgan fingerprint density at radius 1 is 1.42 bits per heavy atom. The van der Waals surface area contributed by atoms with Crippen molar-refractivity contribution in [2.24, 2.45) is 0 Å². The summed E-state index contributed by atoms with van der Waals surface area (Å²) in [5.41, 5.74) is -0.666. The average molecular weight is 372 g/mol. The molecule has 0 fully saturated rings. The van der Waals surface area contributed by atoms with Crippen LogP contribution in [-0.4, -0.2) is 27.1 Å². The van der Waals surface area contributed by atoms with Crippen molar-refractivity contribution < 1.29 is 22.8 Å². The quantitative estimate of drug-likeness (QED) is 0.648. The molecule has 0 aliphatic heterocycles. The van der Waals surface area contributed by atoms with Gasteiger partial charge in [-0.05, 0) is 42.8 Å². The fourth-order valence-electron chi connectivity index (χ4n) is 0.961. The molecule has 0 unspecified atom stereocenters. The van der Waals surface area contributed by atoms with Crippen LogP contribution in [0.4, 0.5) is 0 Å². The van der Waals surface area contributed by atoms with Gasteiger partial charge in [-0.3, -0.25) is 4.84 Å². The van der Waals surface area contributed by atoms with E-state index in [0.29, 0.717) is 3.79 Å². The molecular weight excluding hydrogens is 358 g/mol. The third kappa shape index (κ3) is 4.53. The predicted molar refractivity (Wildman–Crippen MR) is 74.5 cm³/mol. The van der Waals surface area contributed by atoms with E-state index >= 15 is 0 Å². The Labute approximate surface area is 124 Å². The third-order valence-corrected chi connectivity index (χ3v) is 5.20.